The Morgan fingerprint density at radius 2 is 2.09 bits per heavy atom. The second-order valence-corrected chi connectivity index (χ2v) is 5.94. The van der Waals surface area contributed by atoms with E-state index in [1.165, 1.54) is 7.11 Å². The number of nitrogens with zero attached hydrogens (tertiary/aromatic N) is 3. The molecule has 122 valence electrons. The molecule has 1 aromatic rings. The lowest BCUT2D eigenvalue weighted by Crippen LogP contribution is -2.57. The monoisotopic (exact) mass is 308 g/mol. The van der Waals surface area contributed by atoms with Crippen molar-refractivity contribution in [3.63, 3.8) is 0 Å². The highest BCUT2D eigenvalue weighted by Crippen LogP contribution is 2.21. The highest BCUT2D eigenvalue weighted by Gasteiger charge is 2.30. The molecule has 0 saturated carbocycles. The third kappa shape index (κ3) is 3.66. The summed E-state index contributed by atoms with van der Waals surface area (Å²) in [7, 11) is 1.52. The third-order valence-electron chi connectivity index (χ3n) is 4.02. The molecule has 1 saturated heterocycles. The Balaban J connectivity index is 1.93. The molecule has 0 bridgehead atoms. The van der Waals surface area contributed by atoms with Crippen LogP contribution in [0.3, 0.4) is 0 Å². The molecule has 2 N–H and O–H groups in total. The normalized spacial score (nSPS) is 16.5. The fraction of sp³-hybridized carbons (Fsp3) is 0.600. The number of hydrogen-bond acceptors (Lipinski definition) is 5. The number of aliphatic hydroxyl groups excluding tert-OH is 1. The average molecular weight is 308 g/mol. The Hall–Kier alpha value is -1.86. The summed E-state index contributed by atoms with van der Waals surface area (Å²) < 4.78 is 5.13. The van der Waals surface area contributed by atoms with Crippen molar-refractivity contribution < 1.29 is 14.6 Å². The first kappa shape index (κ1) is 16.5. The number of methoxy groups -OCH3 is 1. The van der Waals surface area contributed by atoms with Crippen LogP contribution in [0.1, 0.15) is 13.8 Å². The maximum atomic E-state index is 12.3. The fourth-order valence-electron chi connectivity index (χ4n) is 2.46. The van der Waals surface area contributed by atoms with Crippen LogP contribution in [0.2, 0.25) is 0 Å². The van der Waals surface area contributed by atoms with Crippen molar-refractivity contribution in [3.8, 4) is 5.88 Å². The number of aromatic nitrogens is 1. The van der Waals surface area contributed by atoms with Crippen molar-refractivity contribution in [2.75, 3.05) is 45.2 Å². The lowest BCUT2D eigenvalue weighted by atomic mass is 10.0. The number of carbonyl (C=O) groups excluding carboxylic acids is 1. The van der Waals surface area contributed by atoms with Gasteiger partial charge in [0, 0.05) is 37.9 Å². The number of hydrogen-bond donors (Lipinski definition) is 2. The topological polar surface area (TPSA) is 77.9 Å². The number of aliphatic hydroxyl groups is 1. The first-order valence-electron chi connectivity index (χ1n) is 7.39. The van der Waals surface area contributed by atoms with E-state index in [1.807, 2.05) is 13.8 Å². The van der Waals surface area contributed by atoms with Gasteiger partial charge in [-0.15, -0.1) is 0 Å². The first-order chi connectivity index (χ1) is 10.5. The molecule has 0 unspecified atom stereocenters. The lowest BCUT2D eigenvalue weighted by Gasteiger charge is -2.43. The van der Waals surface area contributed by atoms with Gasteiger partial charge < -0.3 is 20.1 Å². The summed E-state index contributed by atoms with van der Waals surface area (Å²) >= 11 is 0. The molecule has 0 radical (unpaired) electrons. The van der Waals surface area contributed by atoms with E-state index < -0.39 is 0 Å². The van der Waals surface area contributed by atoms with Crippen molar-refractivity contribution in [1.29, 1.82) is 0 Å². The molecular formula is C15H24N4O3. The van der Waals surface area contributed by atoms with E-state index in [2.05, 4.69) is 15.2 Å². The molecule has 22 heavy (non-hydrogen) atoms. The minimum atomic E-state index is -0.255. The number of urea groups is 1. The van der Waals surface area contributed by atoms with E-state index in [4.69, 9.17) is 4.74 Å². The van der Waals surface area contributed by atoms with E-state index in [9.17, 15) is 9.90 Å². The van der Waals surface area contributed by atoms with E-state index in [0.717, 1.165) is 13.1 Å². The molecule has 2 rings (SSSR count). The Bertz CT molecular complexity index is 513. The van der Waals surface area contributed by atoms with Crippen LogP contribution >= 0.6 is 0 Å². The largest absolute Gasteiger partial charge is 0.480 e. The number of piperazine rings is 1. The Kier molecular flexibility index (Phi) is 5.20. The SMILES string of the molecule is COc1ncccc1NC(=O)N1CCN(C(C)(C)CO)CC1. The van der Waals surface area contributed by atoms with Gasteiger partial charge >= 0.3 is 6.03 Å². The maximum absolute atomic E-state index is 12.3. The van der Waals surface area contributed by atoms with Crippen LogP contribution in [0.4, 0.5) is 10.5 Å². The second kappa shape index (κ2) is 6.93. The molecule has 0 spiro atoms. The van der Waals surface area contributed by atoms with Crippen LogP contribution in [0.5, 0.6) is 5.88 Å². The zero-order valence-corrected chi connectivity index (χ0v) is 13.4. The summed E-state index contributed by atoms with van der Waals surface area (Å²) in [4.78, 5) is 20.3. The van der Waals surface area contributed by atoms with Crippen LogP contribution in [0, 0.1) is 0 Å². The predicted molar refractivity (Wildman–Crippen MR) is 84.1 cm³/mol. The van der Waals surface area contributed by atoms with Gasteiger partial charge in [0.2, 0.25) is 5.88 Å². The Morgan fingerprint density at radius 3 is 2.68 bits per heavy atom. The van der Waals surface area contributed by atoms with E-state index in [0.29, 0.717) is 24.7 Å². The molecule has 1 fully saturated rings. The number of pyridine rings is 1. The summed E-state index contributed by atoms with van der Waals surface area (Å²) in [5, 5.41) is 12.2. The van der Waals surface area contributed by atoms with Crippen LogP contribution in [0.25, 0.3) is 0 Å². The maximum Gasteiger partial charge on any atom is 0.322 e. The Morgan fingerprint density at radius 1 is 1.41 bits per heavy atom. The second-order valence-electron chi connectivity index (χ2n) is 5.94. The number of carbonyl (C=O) groups is 1. The summed E-state index contributed by atoms with van der Waals surface area (Å²) in [6.45, 7) is 6.84. The number of rotatable bonds is 4. The highest BCUT2D eigenvalue weighted by molar-refractivity contribution is 5.90. The Labute approximate surface area is 130 Å². The van der Waals surface area contributed by atoms with Crippen LogP contribution in [-0.4, -0.2) is 71.4 Å². The minimum Gasteiger partial charge on any atom is -0.480 e. The average Bonchev–Trinajstić information content (AvgIpc) is 2.55. The van der Waals surface area contributed by atoms with Crippen molar-refractivity contribution in [2.45, 2.75) is 19.4 Å². The van der Waals surface area contributed by atoms with Gasteiger partial charge in [-0.1, -0.05) is 0 Å². The van der Waals surface area contributed by atoms with Gasteiger partial charge in [-0.2, -0.15) is 0 Å². The molecule has 7 heteroatoms. The summed E-state index contributed by atoms with van der Waals surface area (Å²) in [6.07, 6.45) is 1.62. The molecule has 7 nitrogen and oxygen atoms in total. The molecular weight excluding hydrogens is 284 g/mol. The first-order valence-corrected chi connectivity index (χ1v) is 7.39. The van der Waals surface area contributed by atoms with Crippen LogP contribution in [0.15, 0.2) is 18.3 Å². The van der Waals surface area contributed by atoms with Gasteiger partial charge in [0.15, 0.2) is 0 Å². The van der Waals surface area contributed by atoms with E-state index >= 15 is 0 Å². The molecule has 0 aliphatic carbocycles. The van der Waals surface area contributed by atoms with Crippen molar-refractivity contribution in [3.05, 3.63) is 18.3 Å². The zero-order chi connectivity index (χ0) is 16.2. The fourth-order valence-corrected chi connectivity index (χ4v) is 2.46. The lowest BCUT2D eigenvalue weighted by molar-refractivity contribution is 0.0266. The minimum absolute atomic E-state index is 0.103. The number of amides is 2. The molecule has 2 heterocycles. The molecule has 2 amide bonds. The van der Waals surface area contributed by atoms with Crippen LogP contribution in [-0.2, 0) is 0 Å². The summed E-state index contributed by atoms with van der Waals surface area (Å²) in [6, 6.07) is 3.35. The molecule has 1 aromatic heterocycles. The van der Waals surface area contributed by atoms with E-state index in [1.54, 1.807) is 23.2 Å². The van der Waals surface area contributed by atoms with Gasteiger partial charge in [0.25, 0.3) is 0 Å². The number of ether oxygens (including phenoxy) is 1. The molecule has 1 aliphatic rings. The smallest absolute Gasteiger partial charge is 0.322 e. The van der Waals surface area contributed by atoms with Gasteiger partial charge in [-0.25, -0.2) is 9.78 Å². The van der Waals surface area contributed by atoms with Gasteiger partial charge in [-0.3, -0.25) is 4.90 Å². The standard InChI is InChI=1S/C15H24N4O3/c1-15(2,11-20)19-9-7-18(8-10-19)14(21)17-12-5-4-6-16-13(12)22-3/h4-6,20H,7-11H2,1-3H3,(H,17,21). The summed E-state index contributed by atoms with van der Waals surface area (Å²) in [5.41, 5.74) is 0.308. The van der Waals surface area contributed by atoms with Crippen LogP contribution < -0.4 is 10.1 Å². The van der Waals surface area contributed by atoms with Crippen molar-refractivity contribution in [1.82, 2.24) is 14.8 Å². The summed E-state index contributed by atoms with van der Waals surface area (Å²) in [5.74, 6) is 0.399. The molecule has 1 aliphatic heterocycles. The number of nitrogens with one attached hydrogen (secondary N) is 1. The zero-order valence-electron chi connectivity index (χ0n) is 13.4. The quantitative estimate of drug-likeness (QED) is 0.868. The third-order valence-corrected chi connectivity index (χ3v) is 4.02. The van der Waals surface area contributed by atoms with Crippen molar-refractivity contribution >= 4 is 11.7 Å². The predicted octanol–water partition coefficient (Wildman–Crippen LogP) is 1.01. The van der Waals surface area contributed by atoms with Crippen molar-refractivity contribution in [2.24, 2.45) is 0 Å². The van der Waals surface area contributed by atoms with E-state index in [-0.39, 0.29) is 18.2 Å². The van der Waals surface area contributed by atoms with Gasteiger partial charge in [0.1, 0.15) is 5.69 Å². The highest BCUT2D eigenvalue weighted by atomic mass is 16.5. The van der Waals surface area contributed by atoms with Gasteiger partial charge in [-0.05, 0) is 26.0 Å². The molecule has 0 aromatic carbocycles. The van der Waals surface area contributed by atoms with Gasteiger partial charge in [0.05, 0.1) is 13.7 Å². The molecule has 0 atom stereocenters. The number of anilines is 1.